The number of hydrogen-bond acceptors (Lipinski definition) is 5. The zero-order valence-electron chi connectivity index (χ0n) is 22.2. The molecule has 0 aromatic heterocycles. The van der Waals surface area contributed by atoms with Gasteiger partial charge in [-0.05, 0) is 58.7 Å². The molecule has 2 aliphatic rings. The predicted octanol–water partition coefficient (Wildman–Crippen LogP) is 5.47. The monoisotopic (exact) mass is 593 g/mol. The zero-order valence-corrected chi connectivity index (χ0v) is 24.6. The van der Waals surface area contributed by atoms with Gasteiger partial charge < -0.3 is 4.90 Å². The maximum absolute atomic E-state index is 14.3. The van der Waals surface area contributed by atoms with Crippen LogP contribution < -0.4 is 0 Å². The van der Waals surface area contributed by atoms with Crippen molar-refractivity contribution < 1.29 is 4.79 Å². The van der Waals surface area contributed by atoms with Crippen molar-refractivity contribution >= 4 is 41.5 Å². The lowest BCUT2D eigenvalue weighted by atomic mass is 9.90. The molecule has 9 heteroatoms. The third-order valence-electron chi connectivity index (χ3n) is 7.81. The molecule has 40 heavy (non-hydrogen) atoms. The lowest BCUT2D eigenvalue weighted by molar-refractivity contribution is -0.145. The van der Waals surface area contributed by atoms with E-state index in [0.29, 0.717) is 47.1 Å². The molecular formula is C31H30Cl3N5O. The van der Waals surface area contributed by atoms with Crippen LogP contribution in [0.15, 0.2) is 60.7 Å². The number of amides is 1. The number of carbonyl (C=O) groups is 1. The van der Waals surface area contributed by atoms with Crippen LogP contribution in [0.25, 0.3) is 0 Å². The number of fused-ring (bicyclic) bond motifs is 1. The van der Waals surface area contributed by atoms with Crippen molar-refractivity contribution in [3.8, 4) is 12.1 Å². The van der Waals surface area contributed by atoms with E-state index in [0.717, 1.165) is 37.3 Å². The molecule has 0 unspecified atom stereocenters. The van der Waals surface area contributed by atoms with Crippen LogP contribution in [0.2, 0.25) is 10.0 Å². The fourth-order valence-electron chi connectivity index (χ4n) is 6.01. The molecule has 0 atom stereocenters. The average Bonchev–Trinajstić information content (AvgIpc) is 3.33. The fraction of sp³-hybridized carbons (Fsp3) is 0.323. The normalized spacial score (nSPS) is 16.3. The van der Waals surface area contributed by atoms with Gasteiger partial charge in [0.25, 0.3) is 0 Å². The molecule has 3 aromatic carbocycles. The van der Waals surface area contributed by atoms with Crippen LogP contribution >= 0.6 is 35.6 Å². The largest absolute Gasteiger partial charge is 0.340 e. The van der Waals surface area contributed by atoms with E-state index in [2.05, 4.69) is 34.1 Å². The Balaban J connectivity index is 0.00000370. The molecule has 0 saturated carbocycles. The second-order valence-electron chi connectivity index (χ2n) is 10.5. The minimum Gasteiger partial charge on any atom is -0.340 e. The van der Waals surface area contributed by atoms with Gasteiger partial charge in [-0.1, -0.05) is 47.5 Å². The fourth-order valence-corrected chi connectivity index (χ4v) is 6.53. The van der Waals surface area contributed by atoms with Gasteiger partial charge in [-0.25, -0.2) is 0 Å². The first-order valence-corrected chi connectivity index (χ1v) is 13.7. The van der Waals surface area contributed by atoms with E-state index < -0.39 is 5.54 Å². The van der Waals surface area contributed by atoms with Crippen molar-refractivity contribution in [2.45, 2.75) is 31.5 Å². The molecule has 6 nitrogen and oxygen atoms in total. The summed E-state index contributed by atoms with van der Waals surface area (Å²) in [5, 5.41) is 19.7. The maximum Gasteiger partial charge on any atom is 0.243 e. The molecule has 1 saturated heterocycles. The van der Waals surface area contributed by atoms with Gasteiger partial charge in [-0.2, -0.15) is 10.5 Å². The zero-order chi connectivity index (χ0) is 27.6. The number of piperazine rings is 1. The van der Waals surface area contributed by atoms with Crippen LogP contribution in [0, 0.1) is 22.7 Å². The molecule has 206 valence electrons. The van der Waals surface area contributed by atoms with Crippen LogP contribution in [0.4, 0.5) is 0 Å². The second-order valence-corrected chi connectivity index (χ2v) is 11.4. The van der Waals surface area contributed by atoms with Crippen LogP contribution in [-0.2, 0) is 30.7 Å². The smallest absolute Gasteiger partial charge is 0.243 e. The Bertz CT molecular complexity index is 1460. The Labute approximate surface area is 251 Å². The summed E-state index contributed by atoms with van der Waals surface area (Å²) in [5.74, 6) is 0.0825. The summed E-state index contributed by atoms with van der Waals surface area (Å²) in [5.41, 5.74) is 4.69. The number of halogens is 3. The van der Waals surface area contributed by atoms with Crippen molar-refractivity contribution in [3.63, 3.8) is 0 Å². The summed E-state index contributed by atoms with van der Waals surface area (Å²) >= 11 is 12.5. The van der Waals surface area contributed by atoms with E-state index in [1.54, 1.807) is 23.1 Å². The summed E-state index contributed by atoms with van der Waals surface area (Å²) in [6.45, 7) is 4.22. The van der Waals surface area contributed by atoms with Crippen LogP contribution in [-0.4, -0.2) is 59.4 Å². The molecule has 0 bridgehead atoms. The predicted molar refractivity (Wildman–Crippen MR) is 159 cm³/mol. The van der Waals surface area contributed by atoms with Crippen molar-refractivity contribution in [2.24, 2.45) is 0 Å². The third-order valence-corrected chi connectivity index (χ3v) is 8.24. The van der Waals surface area contributed by atoms with Gasteiger partial charge in [0.2, 0.25) is 5.91 Å². The van der Waals surface area contributed by atoms with E-state index in [4.69, 9.17) is 23.2 Å². The highest BCUT2D eigenvalue weighted by Crippen LogP contribution is 2.37. The summed E-state index contributed by atoms with van der Waals surface area (Å²) in [7, 11) is 1.84. The number of carbonyl (C=O) groups excluding carboxylic acids is 1. The number of likely N-dealkylation sites (N-methyl/N-ethyl adjacent to an activating group) is 1. The number of benzene rings is 3. The highest BCUT2D eigenvalue weighted by molar-refractivity contribution is 6.31. The van der Waals surface area contributed by atoms with Gasteiger partial charge in [-0.3, -0.25) is 14.6 Å². The summed E-state index contributed by atoms with van der Waals surface area (Å²) in [6.07, 6.45) is 1.34. The van der Waals surface area contributed by atoms with Crippen LogP contribution in [0.1, 0.15) is 33.4 Å². The summed E-state index contributed by atoms with van der Waals surface area (Å²) in [4.78, 5) is 20.8. The van der Waals surface area contributed by atoms with Gasteiger partial charge in [0.15, 0.2) is 0 Å². The molecule has 1 fully saturated rings. The van der Waals surface area contributed by atoms with E-state index in [-0.39, 0.29) is 18.3 Å². The van der Waals surface area contributed by atoms with Crippen LogP contribution in [0.3, 0.4) is 0 Å². The van der Waals surface area contributed by atoms with Crippen molar-refractivity contribution in [1.82, 2.24) is 14.7 Å². The van der Waals surface area contributed by atoms with Gasteiger partial charge in [0.05, 0.1) is 23.3 Å². The molecule has 1 heterocycles. The molecule has 0 N–H and O–H groups in total. The van der Waals surface area contributed by atoms with E-state index >= 15 is 0 Å². The highest BCUT2D eigenvalue weighted by atomic mass is 35.5. The van der Waals surface area contributed by atoms with Crippen LogP contribution in [0.5, 0.6) is 0 Å². The van der Waals surface area contributed by atoms with E-state index in [1.807, 2.05) is 37.4 Å². The topological polar surface area (TPSA) is 74.4 Å². The SMILES string of the molecule is CN(Cc1cc(Cl)cc(C#N)c1)C(=O)C1(N2CCN(Cc3cc(Cl)cc(C#N)c3)CC2)Cc2ccccc2C1.Cl. The maximum atomic E-state index is 14.3. The first kappa shape index (κ1) is 29.9. The molecule has 0 radical (unpaired) electrons. The summed E-state index contributed by atoms with van der Waals surface area (Å²) in [6, 6.07) is 23.4. The van der Waals surface area contributed by atoms with Crippen molar-refractivity contribution in [1.29, 1.82) is 10.5 Å². The first-order chi connectivity index (χ1) is 18.8. The Morgan fingerprint density at radius 2 is 1.40 bits per heavy atom. The van der Waals surface area contributed by atoms with Gasteiger partial charge in [0.1, 0.15) is 5.54 Å². The Morgan fingerprint density at radius 3 is 1.95 bits per heavy atom. The average molecular weight is 595 g/mol. The first-order valence-electron chi connectivity index (χ1n) is 13.0. The molecule has 1 aliphatic carbocycles. The summed E-state index contributed by atoms with van der Waals surface area (Å²) < 4.78 is 0. The standard InChI is InChI=1S/C31H29Cl2N5O.ClH/c1-36(20-24-10-22(18-34)12-28(32)14-24)30(39)31(16-26-4-2-3-5-27(26)17-31)38-8-6-37(7-9-38)21-25-11-23(19-35)13-29(33)15-25;/h2-5,10-15H,6-9,16-17,20-21H2,1H3;1H. The quantitative estimate of drug-likeness (QED) is 0.378. The number of hydrogen-bond donors (Lipinski definition) is 0. The molecule has 5 rings (SSSR count). The Hall–Kier alpha value is -3.10. The third kappa shape index (κ3) is 6.28. The van der Waals surface area contributed by atoms with Gasteiger partial charge >= 0.3 is 0 Å². The van der Waals surface area contributed by atoms with E-state index in [1.165, 1.54) is 11.1 Å². The second kappa shape index (κ2) is 12.6. The molecule has 1 aliphatic heterocycles. The number of nitriles is 2. The van der Waals surface area contributed by atoms with Crippen molar-refractivity contribution in [3.05, 3.63) is 104 Å². The lowest BCUT2D eigenvalue weighted by Crippen LogP contribution is -2.64. The molecule has 1 amide bonds. The minimum atomic E-state index is -0.662. The van der Waals surface area contributed by atoms with Crippen molar-refractivity contribution in [2.75, 3.05) is 33.2 Å². The molecule has 3 aromatic rings. The van der Waals surface area contributed by atoms with Gasteiger partial charge in [-0.15, -0.1) is 12.4 Å². The van der Waals surface area contributed by atoms with E-state index in [9.17, 15) is 15.3 Å². The minimum absolute atomic E-state index is 0. The molecular weight excluding hydrogens is 565 g/mol. The Kier molecular flexibility index (Phi) is 9.41. The Morgan fingerprint density at radius 1 is 0.875 bits per heavy atom. The number of rotatable bonds is 6. The lowest BCUT2D eigenvalue weighted by Gasteiger charge is -2.46. The highest BCUT2D eigenvalue weighted by Gasteiger charge is 2.50. The number of nitrogens with zero attached hydrogens (tertiary/aromatic N) is 5. The molecule has 0 spiro atoms. The van der Waals surface area contributed by atoms with Gasteiger partial charge in [0, 0.05) is 69.2 Å².